The molecule has 7 nitrogen and oxygen atoms in total. The van der Waals surface area contributed by atoms with Gasteiger partial charge in [-0.05, 0) is 50.4 Å². The number of nitrogens with zero attached hydrogens (tertiary/aromatic N) is 2. The van der Waals surface area contributed by atoms with Gasteiger partial charge in [-0.1, -0.05) is 12.1 Å². The van der Waals surface area contributed by atoms with E-state index in [1.807, 2.05) is 13.0 Å². The second kappa shape index (κ2) is 8.79. The van der Waals surface area contributed by atoms with Gasteiger partial charge in [0.1, 0.15) is 0 Å². The first-order chi connectivity index (χ1) is 13.2. The summed E-state index contributed by atoms with van der Waals surface area (Å²) in [4.78, 5) is 2.54. The summed E-state index contributed by atoms with van der Waals surface area (Å²) in [6, 6.07) is 4.89. The number of hydrogen-bond donors (Lipinski definition) is 0. The lowest BCUT2D eigenvalue weighted by Crippen LogP contribution is -2.43. The molecule has 1 aromatic rings. The molecule has 2 heterocycles. The maximum atomic E-state index is 13.5. The molecule has 2 aliphatic heterocycles. The molecule has 1 unspecified atom stereocenters. The van der Waals surface area contributed by atoms with Gasteiger partial charge in [-0.2, -0.15) is 4.31 Å². The van der Waals surface area contributed by atoms with E-state index in [0.717, 1.165) is 25.2 Å². The predicted molar refractivity (Wildman–Crippen MR) is 109 cm³/mol. The Bertz CT molecular complexity index is 893. The first kappa shape index (κ1) is 21.7. The molecule has 0 amide bonds. The van der Waals surface area contributed by atoms with Crippen molar-refractivity contribution in [2.45, 2.75) is 37.6 Å². The third-order valence-corrected chi connectivity index (χ3v) is 9.35. The van der Waals surface area contributed by atoms with Crippen LogP contribution in [-0.4, -0.2) is 83.0 Å². The highest BCUT2D eigenvalue weighted by Gasteiger charge is 2.39. The van der Waals surface area contributed by atoms with Crippen LogP contribution in [0.4, 0.5) is 0 Å². The lowest BCUT2D eigenvalue weighted by atomic mass is 10.2. The number of rotatable bonds is 7. The highest BCUT2D eigenvalue weighted by molar-refractivity contribution is 7.92. The van der Waals surface area contributed by atoms with Crippen LogP contribution in [0.1, 0.15) is 24.0 Å². The van der Waals surface area contributed by atoms with Gasteiger partial charge in [0.15, 0.2) is 9.84 Å². The van der Waals surface area contributed by atoms with Crippen molar-refractivity contribution in [1.29, 1.82) is 0 Å². The number of morpholine rings is 1. The van der Waals surface area contributed by atoms with Crippen LogP contribution >= 0.6 is 0 Å². The minimum absolute atomic E-state index is 0.0555. The van der Waals surface area contributed by atoms with Gasteiger partial charge < -0.3 is 4.74 Å². The fraction of sp³-hybridized carbons (Fsp3) is 0.684. The molecule has 158 valence electrons. The van der Waals surface area contributed by atoms with E-state index < -0.39 is 25.9 Å². The van der Waals surface area contributed by atoms with Crippen molar-refractivity contribution in [2.75, 3.05) is 50.9 Å². The van der Waals surface area contributed by atoms with Gasteiger partial charge in [-0.15, -0.1) is 0 Å². The molecule has 2 aliphatic rings. The summed E-state index contributed by atoms with van der Waals surface area (Å²) >= 11 is 0. The van der Waals surface area contributed by atoms with E-state index in [1.165, 1.54) is 4.31 Å². The van der Waals surface area contributed by atoms with E-state index >= 15 is 0 Å². The maximum Gasteiger partial charge on any atom is 0.243 e. The normalized spacial score (nSPS) is 23.3. The topological polar surface area (TPSA) is 84.0 Å². The zero-order valence-corrected chi connectivity index (χ0v) is 18.3. The summed E-state index contributed by atoms with van der Waals surface area (Å²) in [5, 5.41) is 0. The van der Waals surface area contributed by atoms with Gasteiger partial charge in [0.2, 0.25) is 10.0 Å². The zero-order valence-electron chi connectivity index (χ0n) is 16.6. The van der Waals surface area contributed by atoms with Gasteiger partial charge in [-0.25, -0.2) is 16.8 Å². The second-order valence-corrected chi connectivity index (χ2v) is 11.8. The average Bonchev–Trinajstić information content (AvgIpc) is 3.00. The third kappa shape index (κ3) is 5.13. The van der Waals surface area contributed by atoms with E-state index in [9.17, 15) is 16.8 Å². The van der Waals surface area contributed by atoms with Crippen LogP contribution in [0.5, 0.6) is 0 Å². The smallest absolute Gasteiger partial charge is 0.243 e. The van der Waals surface area contributed by atoms with Gasteiger partial charge in [0.05, 0.1) is 29.6 Å². The molecular formula is C19H30N2O5S2. The molecule has 1 aromatic carbocycles. The van der Waals surface area contributed by atoms with Crippen LogP contribution in [-0.2, 0) is 24.6 Å². The summed E-state index contributed by atoms with van der Waals surface area (Å²) in [6.07, 6.45) is 1.03. The molecule has 2 saturated heterocycles. The van der Waals surface area contributed by atoms with Gasteiger partial charge in [-0.3, -0.25) is 4.90 Å². The van der Waals surface area contributed by atoms with Gasteiger partial charge in [0, 0.05) is 25.7 Å². The van der Waals surface area contributed by atoms with Crippen LogP contribution in [0.15, 0.2) is 23.1 Å². The molecule has 2 fully saturated rings. The van der Waals surface area contributed by atoms with E-state index in [2.05, 4.69) is 4.90 Å². The monoisotopic (exact) mass is 430 g/mol. The molecule has 0 aliphatic carbocycles. The van der Waals surface area contributed by atoms with E-state index in [-0.39, 0.29) is 16.4 Å². The Labute approximate surface area is 168 Å². The van der Waals surface area contributed by atoms with Crippen LogP contribution in [0.2, 0.25) is 0 Å². The number of benzene rings is 1. The Morgan fingerprint density at radius 3 is 2.57 bits per heavy atom. The fourth-order valence-electron chi connectivity index (χ4n) is 3.89. The lowest BCUT2D eigenvalue weighted by molar-refractivity contribution is 0.0367. The van der Waals surface area contributed by atoms with Crippen molar-refractivity contribution in [1.82, 2.24) is 9.21 Å². The van der Waals surface area contributed by atoms with Gasteiger partial charge >= 0.3 is 0 Å². The van der Waals surface area contributed by atoms with Gasteiger partial charge in [0.25, 0.3) is 0 Å². The van der Waals surface area contributed by atoms with Crippen molar-refractivity contribution in [3.8, 4) is 0 Å². The summed E-state index contributed by atoms with van der Waals surface area (Å²) in [7, 11) is -6.94. The largest absolute Gasteiger partial charge is 0.379 e. The molecular weight excluding hydrogens is 400 g/mol. The Morgan fingerprint density at radius 2 is 1.93 bits per heavy atom. The summed E-state index contributed by atoms with van der Waals surface area (Å²) in [5.74, 6) is -0.0331. The minimum atomic E-state index is -3.77. The molecule has 3 rings (SSSR count). The first-order valence-corrected chi connectivity index (χ1v) is 13.0. The molecule has 0 spiro atoms. The van der Waals surface area contributed by atoms with Crippen LogP contribution in [0.3, 0.4) is 0 Å². The number of sulfone groups is 1. The minimum Gasteiger partial charge on any atom is -0.379 e. The van der Waals surface area contributed by atoms with Crippen molar-refractivity contribution >= 4 is 19.9 Å². The van der Waals surface area contributed by atoms with Crippen molar-refractivity contribution in [3.05, 3.63) is 29.3 Å². The average molecular weight is 431 g/mol. The van der Waals surface area contributed by atoms with Crippen molar-refractivity contribution in [2.24, 2.45) is 0 Å². The van der Waals surface area contributed by atoms with E-state index in [4.69, 9.17) is 4.74 Å². The number of sulfonamides is 1. The molecule has 0 radical (unpaired) electrons. The molecule has 0 aromatic heterocycles. The summed E-state index contributed by atoms with van der Waals surface area (Å²) in [6.45, 7) is 7.85. The van der Waals surface area contributed by atoms with Crippen LogP contribution in [0, 0.1) is 13.8 Å². The molecule has 9 heteroatoms. The SMILES string of the molecule is Cc1ccc(C)c(S(=O)(=O)N(CCCN2CCOCC2)C2CCS(=O)(=O)C2)c1. The van der Waals surface area contributed by atoms with E-state index in [1.54, 1.807) is 19.1 Å². The molecule has 28 heavy (non-hydrogen) atoms. The molecule has 0 N–H and O–H groups in total. The Hall–Kier alpha value is -1.00. The lowest BCUT2D eigenvalue weighted by Gasteiger charge is -2.30. The standard InChI is InChI=1S/C19H30N2O5S2/c1-16-4-5-17(2)19(14-16)28(24,25)21(18-6-13-27(22,23)15-18)8-3-7-20-9-11-26-12-10-20/h4-5,14,18H,3,6-13,15H2,1-2H3. The van der Waals surface area contributed by atoms with Crippen LogP contribution < -0.4 is 0 Å². The number of hydrogen-bond acceptors (Lipinski definition) is 6. The Kier molecular flexibility index (Phi) is 6.81. The summed E-state index contributed by atoms with van der Waals surface area (Å²) in [5.41, 5.74) is 1.56. The quantitative estimate of drug-likeness (QED) is 0.646. The highest BCUT2D eigenvalue weighted by atomic mass is 32.2. The molecule has 0 bridgehead atoms. The summed E-state index contributed by atoms with van der Waals surface area (Å²) < 4.78 is 57.8. The maximum absolute atomic E-state index is 13.5. The Morgan fingerprint density at radius 1 is 1.21 bits per heavy atom. The molecule has 0 saturated carbocycles. The van der Waals surface area contributed by atoms with Crippen molar-refractivity contribution in [3.63, 3.8) is 0 Å². The second-order valence-electron chi connectivity index (χ2n) is 7.75. The first-order valence-electron chi connectivity index (χ1n) is 9.79. The third-order valence-electron chi connectivity index (χ3n) is 5.50. The Balaban J connectivity index is 1.81. The predicted octanol–water partition coefficient (Wildman–Crippen LogP) is 1.20. The van der Waals surface area contributed by atoms with E-state index in [0.29, 0.717) is 38.2 Å². The number of aryl methyl sites for hydroxylation is 2. The van der Waals surface area contributed by atoms with Crippen LogP contribution in [0.25, 0.3) is 0 Å². The van der Waals surface area contributed by atoms with Crippen molar-refractivity contribution < 1.29 is 21.6 Å². The molecule has 1 atom stereocenters. The highest BCUT2D eigenvalue weighted by Crippen LogP contribution is 2.27. The number of ether oxygens (including phenoxy) is 1. The fourth-order valence-corrected chi connectivity index (χ4v) is 7.72. The zero-order chi connectivity index (χ0) is 20.4.